The molecule has 0 N–H and O–H groups in total. The van der Waals surface area contributed by atoms with Crippen molar-refractivity contribution in [2.24, 2.45) is 0 Å². The van der Waals surface area contributed by atoms with Crippen LogP contribution in [0.2, 0.25) is 0 Å². The fourth-order valence-electron chi connectivity index (χ4n) is 3.31. The van der Waals surface area contributed by atoms with Crippen LogP contribution in [-0.2, 0) is 6.42 Å². The van der Waals surface area contributed by atoms with Gasteiger partial charge in [0.05, 0.1) is 5.69 Å². The van der Waals surface area contributed by atoms with E-state index in [1.165, 1.54) is 16.8 Å². The molecular weight excluding hydrogens is 238 g/mol. The van der Waals surface area contributed by atoms with Crippen LogP contribution < -0.4 is 10.5 Å². The molecule has 0 spiro atoms. The Bertz CT molecular complexity index is 770. The quantitative estimate of drug-likeness (QED) is 0.677. The first-order valence-corrected chi connectivity index (χ1v) is 6.76. The van der Waals surface area contributed by atoms with Gasteiger partial charge in [0.25, 0.3) is 0 Å². The minimum atomic E-state index is -0.246. The third kappa shape index (κ3) is 1.47. The summed E-state index contributed by atoms with van der Waals surface area (Å²) in [5.74, 6) is 0. The number of rotatable bonds is 0. The first kappa shape index (κ1) is 10.9. The molecule has 2 aliphatic heterocycles. The Hall–Kier alpha value is -2.03. The van der Waals surface area contributed by atoms with Crippen molar-refractivity contribution in [3.05, 3.63) is 45.3 Å². The highest BCUT2D eigenvalue weighted by Crippen LogP contribution is 2.39. The van der Waals surface area contributed by atoms with Gasteiger partial charge in [0.2, 0.25) is 0 Å². The van der Waals surface area contributed by atoms with Crippen LogP contribution in [0.3, 0.4) is 0 Å². The molecule has 0 aliphatic carbocycles. The molecule has 19 heavy (non-hydrogen) atoms. The summed E-state index contributed by atoms with van der Waals surface area (Å²) in [4.78, 5) is 14.0. The van der Waals surface area contributed by atoms with Gasteiger partial charge in [-0.3, -0.25) is 0 Å². The molecule has 0 amide bonds. The Morgan fingerprint density at radius 2 is 2.21 bits per heavy atom. The number of aryl methyl sites for hydroxylation is 2. The second kappa shape index (κ2) is 3.73. The van der Waals surface area contributed by atoms with E-state index < -0.39 is 0 Å². The van der Waals surface area contributed by atoms with E-state index in [2.05, 4.69) is 23.1 Å². The molecule has 0 saturated carbocycles. The lowest BCUT2D eigenvalue weighted by Gasteiger charge is -2.34. The molecule has 0 atom stereocenters. The molecule has 1 aromatic heterocycles. The zero-order chi connectivity index (χ0) is 13.0. The zero-order valence-corrected chi connectivity index (χ0v) is 10.9. The second-order valence-electron chi connectivity index (χ2n) is 5.37. The van der Waals surface area contributed by atoms with Crippen molar-refractivity contribution >= 4 is 22.7 Å². The summed E-state index contributed by atoms with van der Waals surface area (Å²) >= 11 is 0. The highest BCUT2D eigenvalue weighted by molar-refractivity contribution is 5.93. The van der Waals surface area contributed by atoms with Crippen LogP contribution in [0.15, 0.2) is 27.4 Å². The molecule has 0 unspecified atom stereocenters. The van der Waals surface area contributed by atoms with E-state index in [-0.39, 0.29) is 5.63 Å². The Kier molecular flexibility index (Phi) is 2.13. The average Bonchev–Trinajstić information content (AvgIpc) is 2.41. The number of nitrogens with zero attached hydrogens (tertiary/aromatic N) is 1. The zero-order valence-electron chi connectivity index (χ0n) is 10.9. The fourth-order valence-corrected chi connectivity index (χ4v) is 3.31. The van der Waals surface area contributed by atoms with Crippen LogP contribution in [0.5, 0.6) is 0 Å². The van der Waals surface area contributed by atoms with E-state index >= 15 is 0 Å². The molecule has 4 rings (SSSR count). The Labute approximate surface area is 111 Å². The third-order valence-electron chi connectivity index (χ3n) is 4.13. The maximum Gasteiger partial charge on any atom is 0.336 e. The van der Waals surface area contributed by atoms with Gasteiger partial charge in [-0.05, 0) is 37.0 Å². The number of benzene rings is 1. The Morgan fingerprint density at radius 3 is 3.11 bits per heavy atom. The first-order chi connectivity index (χ1) is 9.24. The minimum absolute atomic E-state index is 0.246. The molecule has 0 fully saturated rings. The van der Waals surface area contributed by atoms with Crippen LogP contribution in [0.4, 0.5) is 5.69 Å². The normalized spacial score (nSPS) is 16.8. The maximum atomic E-state index is 11.6. The minimum Gasteiger partial charge on any atom is -0.422 e. The molecule has 0 saturated heterocycles. The van der Waals surface area contributed by atoms with Crippen LogP contribution in [0, 0.1) is 6.92 Å². The predicted molar refractivity (Wildman–Crippen MR) is 76.8 cm³/mol. The molecule has 3 heterocycles. The molecular formula is C16H15NO2. The van der Waals surface area contributed by atoms with Crippen molar-refractivity contribution in [3.8, 4) is 0 Å². The van der Waals surface area contributed by atoms with Crippen molar-refractivity contribution in [2.75, 3.05) is 18.0 Å². The number of fused-ring (bicyclic) bond motifs is 2. The molecule has 2 aliphatic rings. The van der Waals surface area contributed by atoms with Crippen LogP contribution in [0.1, 0.15) is 23.1 Å². The van der Waals surface area contributed by atoms with Gasteiger partial charge in [-0.2, -0.15) is 0 Å². The number of hydrogen-bond acceptors (Lipinski definition) is 3. The molecule has 3 heteroatoms. The summed E-state index contributed by atoms with van der Waals surface area (Å²) in [5.41, 5.74) is 5.29. The smallest absolute Gasteiger partial charge is 0.336 e. The van der Waals surface area contributed by atoms with Crippen LogP contribution in [-0.4, -0.2) is 13.1 Å². The lowest BCUT2D eigenvalue weighted by atomic mass is 9.92. The van der Waals surface area contributed by atoms with Crippen molar-refractivity contribution in [2.45, 2.75) is 19.8 Å². The van der Waals surface area contributed by atoms with Gasteiger partial charge in [0, 0.05) is 30.1 Å². The fraction of sp³-hybridized carbons (Fsp3) is 0.312. The molecule has 0 radical (unpaired) electrons. The van der Waals surface area contributed by atoms with Gasteiger partial charge in [-0.25, -0.2) is 4.79 Å². The van der Waals surface area contributed by atoms with E-state index in [0.29, 0.717) is 0 Å². The van der Waals surface area contributed by atoms with Crippen molar-refractivity contribution in [1.29, 1.82) is 0 Å². The lowest BCUT2D eigenvalue weighted by Crippen LogP contribution is -2.32. The summed E-state index contributed by atoms with van der Waals surface area (Å²) in [6.45, 7) is 4.03. The summed E-state index contributed by atoms with van der Waals surface area (Å²) < 4.78 is 5.51. The Balaban J connectivity index is 2.19. The molecule has 0 bridgehead atoms. The van der Waals surface area contributed by atoms with Crippen molar-refractivity contribution < 1.29 is 4.42 Å². The van der Waals surface area contributed by atoms with Crippen molar-refractivity contribution in [1.82, 2.24) is 0 Å². The van der Waals surface area contributed by atoms with Gasteiger partial charge < -0.3 is 9.32 Å². The summed E-state index contributed by atoms with van der Waals surface area (Å²) in [6, 6.07) is 3.73. The van der Waals surface area contributed by atoms with Crippen LogP contribution in [0.25, 0.3) is 17.0 Å². The number of anilines is 1. The first-order valence-electron chi connectivity index (χ1n) is 6.76. The molecule has 1 aromatic carbocycles. The molecule has 2 aromatic rings. The summed E-state index contributed by atoms with van der Waals surface area (Å²) in [6.07, 6.45) is 6.51. The third-order valence-corrected chi connectivity index (χ3v) is 4.13. The topological polar surface area (TPSA) is 33.5 Å². The largest absolute Gasteiger partial charge is 0.422 e. The summed E-state index contributed by atoms with van der Waals surface area (Å²) in [5, 5.41) is 1.07. The van der Waals surface area contributed by atoms with Crippen LogP contribution >= 0.6 is 0 Å². The Morgan fingerprint density at radius 1 is 1.32 bits per heavy atom. The average molecular weight is 253 g/mol. The highest BCUT2D eigenvalue weighted by atomic mass is 16.4. The van der Waals surface area contributed by atoms with Gasteiger partial charge in [0.1, 0.15) is 5.58 Å². The van der Waals surface area contributed by atoms with E-state index in [4.69, 9.17) is 4.42 Å². The predicted octanol–water partition coefficient (Wildman–Crippen LogP) is 2.88. The van der Waals surface area contributed by atoms with Gasteiger partial charge in [-0.15, -0.1) is 0 Å². The maximum absolute atomic E-state index is 11.6. The van der Waals surface area contributed by atoms with E-state index in [9.17, 15) is 4.79 Å². The van der Waals surface area contributed by atoms with Gasteiger partial charge >= 0.3 is 5.63 Å². The standard InChI is InChI=1S/C16H15NO2/c1-10-8-14(18)19-16-12-5-3-7-17-6-2-4-11(15(12)17)9-13(10)16/h2,4,8-9H,3,5-7H2,1H3. The molecule has 96 valence electrons. The van der Waals surface area contributed by atoms with Gasteiger partial charge in [0.15, 0.2) is 0 Å². The SMILES string of the molecule is Cc1cc(=O)oc2c3c4c(cc12)C=CCN4CCC3. The van der Waals surface area contributed by atoms with Crippen molar-refractivity contribution in [3.63, 3.8) is 0 Å². The monoisotopic (exact) mass is 253 g/mol. The number of hydrogen-bond donors (Lipinski definition) is 0. The summed E-state index contributed by atoms with van der Waals surface area (Å²) in [7, 11) is 0. The second-order valence-corrected chi connectivity index (χ2v) is 5.37. The van der Waals surface area contributed by atoms with E-state index in [0.717, 1.165) is 42.5 Å². The van der Waals surface area contributed by atoms with Gasteiger partial charge in [-0.1, -0.05) is 12.2 Å². The van der Waals surface area contributed by atoms with E-state index in [1.807, 2.05) is 6.92 Å². The van der Waals surface area contributed by atoms with E-state index in [1.54, 1.807) is 6.07 Å². The lowest BCUT2D eigenvalue weighted by molar-refractivity contribution is 0.552. The molecule has 3 nitrogen and oxygen atoms in total. The highest BCUT2D eigenvalue weighted by Gasteiger charge is 2.25.